The predicted octanol–water partition coefficient (Wildman–Crippen LogP) is 5.20. The fourth-order valence-electron chi connectivity index (χ4n) is 5.24. The van der Waals surface area contributed by atoms with Crippen LogP contribution in [0.25, 0.3) is 0 Å². The second kappa shape index (κ2) is 8.81. The third kappa shape index (κ3) is 4.20. The average molecular weight is 428 g/mol. The first kappa shape index (κ1) is 21.5. The van der Waals surface area contributed by atoms with E-state index in [0.717, 1.165) is 37.0 Å². The van der Waals surface area contributed by atoms with Crippen molar-refractivity contribution < 1.29 is 13.2 Å². The van der Waals surface area contributed by atoms with Gasteiger partial charge in [-0.3, -0.25) is 0 Å². The maximum atomic E-state index is 13.8. The lowest BCUT2D eigenvalue weighted by atomic mass is 9.70. The Morgan fingerprint density at radius 3 is 2.40 bits per heavy atom. The largest absolute Gasteiger partial charge is 0.378 e. The summed E-state index contributed by atoms with van der Waals surface area (Å²) in [6, 6.07) is 17.2. The molecule has 4 atom stereocenters. The van der Waals surface area contributed by atoms with Gasteiger partial charge in [-0.1, -0.05) is 61.9 Å². The van der Waals surface area contributed by atoms with Crippen LogP contribution in [0.1, 0.15) is 50.3 Å². The highest BCUT2D eigenvalue weighted by Crippen LogP contribution is 2.48. The Hall–Kier alpha value is -1.69. The Bertz CT molecular complexity index is 940. The fourth-order valence-corrected chi connectivity index (χ4v) is 6.90. The summed E-state index contributed by atoms with van der Waals surface area (Å²) in [5, 5.41) is 0. The molecule has 0 unspecified atom stereocenters. The van der Waals surface area contributed by atoms with Crippen LogP contribution in [0.2, 0.25) is 0 Å². The van der Waals surface area contributed by atoms with Gasteiger partial charge >= 0.3 is 0 Å². The molecule has 0 N–H and O–H groups in total. The van der Waals surface area contributed by atoms with Crippen LogP contribution < -0.4 is 0 Å². The topological polar surface area (TPSA) is 46.6 Å². The molecule has 0 aliphatic carbocycles. The minimum absolute atomic E-state index is 0.0879. The molecule has 2 aliphatic rings. The van der Waals surface area contributed by atoms with Gasteiger partial charge in [-0.15, -0.1) is 0 Å². The van der Waals surface area contributed by atoms with Crippen LogP contribution in [0.4, 0.5) is 0 Å². The van der Waals surface area contributed by atoms with E-state index >= 15 is 0 Å². The summed E-state index contributed by atoms with van der Waals surface area (Å²) >= 11 is 0. The van der Waals surface area contributed by atoms with Gasteiger partial charge < -0.3 is 4.74 Å². The van der Waals surface area contributed by atoms with E-state index in [1.54, 1.807) is 16.4 Å². The van der Waals surface area contributed by atoms with Crippen LogP contribution in [0.15, 0.2) is 59.5 Å². The number of ether oxygens (including phenoxy) is 1. The SMILES string of the molecule is Cc1ccc(S(=O)(=O)N2CC[C@H]3CCO[C@@H](CC(C)C)[C@@H]3[C@H]2c2ccccc2)cc1. The first-order valence-electron chi connectivity index (χ1n) is 11.1. The van der Waals surface area contributed by atoms with Gasteiger partial charge in [0.1, 0.15) is 0 Å². The van der Waals surface area contributed by atoms with Gasteiger partial charge in [-0.05, 0) is 55.7 Å². The normalized spacial score (nSPS) is 27.7. The van der Waals surface area contributed by atoms with E-state index in [9.17, 15) is 8.42 Å². The molecule has 0 amide bonds. The Balaban J connectivity index is 1.79. The Morgan fingerprint density at radius 1 is 1.03 bits per heavy atom. The molecule has 0 bridgehead atoms. The average Bonchev–Trinajstić information content (AvgIpc) is 2.73. The minimum Gasteiger partial charge on any atom is -0.378 e. The van der Waals surface area contributed by atoms with E-state index in [0.29, 0.717) is 23.3 Å². The van der Waals surface area contributed by atoms with Gasteiger partial charge in [0.15, 0.2) is 0 Å². The smallest absolute Gasteiger partial charge is 0.243 e. The molecular formula is C25H33NO3S. The summed E-state index contributed by atoms with van der Waals surface area (Å²) < 4.78 is 35.6. The van der Waals surface area contributed by atoms with Crippen molar-refractivity contribution in [3.8, 4) is 0 Å². The number of hydrogen-bond acceptors (Lipinski definition) is 3. The van der Waals surface area contributed by atoms with E-state index in [-0.39, 0.29) is 18.1 Å². The third-order valence-corrected chi connectivity index (χ3v) is 8.56. The molecule has 2 aliphatic heterocycles. The number of nitrogens with zero attached hydrogens (tertiary/aromatic N) is 1. The van der Waals surface area contributed by atoms with Crippen molar-refractivity contribution in [2.24, 2.45) is 17.8 Å². The summed E-state index contributed by atoms with van der Waals surface area (Å²) in [6.07, 6.45) is 2.96. The van der Waals surface area contributed by atoms with Gasteiger partial charge in [0.2, 0.25) is 10.0 Å². The van der Waals surface area contributed by atoms with Crippen molar-refractivity contribution in [1.29, 1.82) is 0 Å². The first-order valence-corrected chi connectivity index (χ1v) is 12.6. The van der Waals surface area contributed by atoms with Crippen molar-refractivity contribution in [2.45, 2.75) is 57.1 Å². The molecule has 0 aromatic heterocycles. The van der Waals surface area contributed by atoms with Crippen molar-refractivity contribution in [3.63, 3.8) is 0 Å². The maximum Gasteiger partial charge on any atom is 0.243 e. The lowest BCUT2D eigenvalue weighted by Gasteiger charge is -2.50. The highest BCUT2D eigenvalue weighted by molar-refractivity contribution is 7.89. The highest BCUT2D eigenvalue weighted by Gasteiger charge is 2.49. The maximum absolute atomic E-state index is 13.8. The number of benzene rings is 2. The fraction of sp³-hybridized carbons (Fsp3) is 0.520. The monoisotopic (exact) mass is 427 g/mol. The second-order valence-electron chi connectivity index (χ2n) is 9.24. The highest BCUT2D eigenvalue weighted by atomic mass is 32.2. The number of sulfonamides is 1. The van der Waals surface area contributed by atoms with Gasteiger partial charge in [-0.25, -0.2) is 8.42 Å². The Kier molecular flexibility index (Phi) is 6.33. The molecule has 0 spiro atoms. The van der Waals surface area contributed by atoms with E-state index in [4.69, 9.17) is 4.74 Å². The van der Waals surface area contributed by atoms with Crippen LogP contribution in [0.3, 0.4) is 0 Å². The molecule has 2 heterocycles. The summed E-state index contributed by atoms with van der Waals surface area (Å²) in [6.45, 7) is 7.75. The molecule has 2 saturated heterocycles. The Labute approximate surface area is 181 Å². The standard InChI is InChI=1S/C25H33NO3S/c1-18(2)17-23-24-20(14-16-29-23)13-15-26(25(24)21-7-5-4-6-8-21)30(27,28)22-11-9-19(3)10-12-22/h4-12,18,20,23-25H,13-17H2,1-3H3/t20-,23-,24+,25+/m0/s1. The van der Waals surface area contributed by atoms with Crippen LogP contribution in [0.5, 0.6) is 0 Å². The molecule has 30 heavy (non-hydrogen) atoms. The zero-order valence-corrected chi connectivity index (χ0v) is 19.0. The van der Waals surface area contributed by atoms with Gasteiger partial charge in [-0.2, -0.15) is 4.31 Å². The zero-order chi connectivity index (χ0) is 21.3. The van der Waals surface area contributed by atoms with Crippen LogP contribution in [-0.2, 0) is 14.8 Å². The molecule has 0 radical (unpaired) electrons. The van der Waals surface area contributed by atoms with Crippen LogP contribution in [0, 0.1) is 24.7 Å². The van der Waals surface area contributed by atoms with Crippen molar-refractivity contribution in [3.05, 3.63) is 65.7 Å². The summed E-state index contributed by atoms with van der Waals surface area (Å²) in [5.74, 6) is 1.18. The van der Waals surface area contributed by atoms with Crippen molar-refractivity contribution >= 4 is 10.0 Å². The van der Waals surface area contributed by atoms with Gasteiger partial charge in [0.05, 0.1) is 17.0 Å². The number of fused-ring (bicyclic) bond motifs is 1. The summed E-state index contributed by atoms with van der Waals surface area (Å²) in [4.78, 5) is 0.379. The molecule has 0 saturated carbocycles. The van der Waals surface area contributed by atoms with E-state index in [1.165, 1.54) is 0 Å². The van der Waals surface area contributed by atoms with E-state index in [1.807, 2.05) is 37.3 Å². The lowest BCUT2D eigenvalue weighted by Crippen LogP contribution is -2.52. The summed E-state index contributed by atoms with van der Waals surface area (Å²) in [7, 11) is -3.60. The predicted molar refractivity (Wildman–Crippen MR) is 120 cm³/mol. The van der Waals surface area contributed by atoms with Crippen molar-refractivity contribution in [1.82, 2.24) is 4.31 Å². The second-order valence-corrected chi connectivity index (χ2v) is 11.1. The number of aryl methyl sites for hydroxylation is 1. The number of hydrogen-bond donors (Lipinski definition) is 0. The molecule has 2 aromatic rings. The number of piperidine rings is 1. The third-order valence-electron chi connectivity index (χ3n) is 6.66. The molecule has 2 fully saturated rings. The molecule has 4 nitrogen and oxygen atoms in total. The molecule has 2 aromatic carbocycles. The minimum atomic E-state index is -3.60. The first-order chi connectivity index (χ1) is 14.4. The van der Waals surface area contributed by atoms with Crippen molar-refractivity contribution in [2.75, 3.05) is 13.2 Å². The summed E-state index contributed by atoms with van der Waals surface area (Å²) in [5.41, 5.74) is 2.13. The quantitative estimate of drug-likeness (QED) is 0.659. The Morgan fingerprint density at radius 2 is 1.73 bits per heavy atom. The molecule has 5 heteroatoms. The molecule has 162 valence electrons. The van der Waals surface area contributed by atoms with E-state index < -0.39 is 10.0 Å². The van der Waals surface area contributed by atoms with Crippen LogP contribution >= 0.6 is 0 Å². The van der Waals surface area contributed by atoms with Gasteiger partial charge in [0, 0.05) is 19.1 Å². The molecule has 4 rings (SSSR count). The van der Waals surface area contributed by atoms with Crippen LogP contribution in [-0.4, -0.2) is 32.0 Å². The van der Waals surface area contributed by atoms with Gasteiger partial charge in [0.25, 0.3) is 0 Å². The number of rotatable bonds is 5. The molecular weight excluding hydrogens is 394 g/mol. The zero-order valence-electron chi connectivity index (χ0n) is 18.2. The van der Waals surface area contributed by atoms with E-state index in [2.05, 4.69) is 26.0 Å². The lowest BCUT2D eigenvalue weighted by molar-refractivity contribution is -0.104.